The number of sulfonamides is 1. The molecule has 0 radical (unpaired) electrons. The van der Waals surface area contributed by atoms with Crippen molar-refractivity contribution in [3.8, 4) is 0 Å². The van der Waals surface area contributed by atoms with Crippen LogP contribution in [0, 0.1) is 5.92 Å². The summed E-state index contributed by atoms with van der Waals surface area (Å²) < 4.78 is 29.9. The fourth-order valence-electron chi connectivity index (χ4n) is 1.07. The Labute approximate surface area is 85.5 Å². The maximum Gasteiger partial charge on any atom is 0.212 e. The minimum Gasteiger partial charge on any atom is -0.395 e. The third-order valence-corrected chi connectivity index (χ3v) is 3.29. The van der Waals surface area contributed by atoms with E-state index in [2.05, 4.69) is 4.72 Å². The number of aliphatic hydroxyl groups excluding tert-OH is 1. The van der Waals surface area contributed by atoms with Gasteiger partial charge in [-0.15, -0.1) is 0 Å². The van der Waals surface area contributed by atoms with Crippen molar-refractivity contribution in [2.24, 2.45) is 5.92 Å². The van der Waals surface area contributed by atoms with Crippen molar-refractivity contribution in [2.45, 2.75) is 19.9 Å². The molecule has 0 bridgehead atoms. The second kappa shape index (κ2) is 6.34. The molecule has 0 aliphatic rings. The van der Waals surface area contributed by atoms with E-state index in [1.165, 1.54) is 7.11 Å². The third-order valence-electron chi connectivity index (χ3n) is 1.49. The molecule has 2 N–H and O–H groups in total. The summed E-state index contributed by atoms with van der Waals surface area (Å²) in [4.78, 5) is 0. The Hall–Kier alpha value is -0.170. The molecule has 0 spiro atoms. The predicted molar refractivity (Wildman–Crippen MR) is 54.5 cm³/mol. The molecule has 0 rings (SSSR count). The lowest BCUT2D eigenvalue weighted by atomic mass is 10.3. The van der Waals surface area contributed by atoms with Crippen LogP contribution in [0.1, 0.15) is 13.8 Å². The summed E-state index contributed by atoms with van der Waals surface area (Å²) in [5, 5.41) is 8.85. The van der Waals surface area contributed by atoms with Crippen LogP contribution in [0.25, 0.3) is 0 Å². The molecule has 1 atom stereocenters. The molecule has 6 heteroatoms. The number of nitrogens with one attached hydrogen (secondary N) is 1. The first-order valence-electron chi connectivity index (χ1n) is 4.51. The zero-order valence-electron chi connectivity index (χ0n) is 8.86. The first-order chi connectivity index (χ1) is 6.41. The molecule has 86 valence electrons. The van der Waals surface area contributed by atoms with Crippen LogP contribution in [0.2, 0.25) is 0 Å². The van der Waals surface area contributed by atoms with Crippen molar-refractivity contribution in [2.75, 3.05) is 26.1 Å². The van der Waals surface area contributed by atoms with Crippen LogP contribution in [0.3, 0.4) is 0 Å². The van der Waals surface area contributed by atoms with Crippen LogP contribution in [-0.4, -0.2) is 45.6 Å². The zero-order chi connectivity index (χ0) is 11.2. The molecule has 0 heterocycles. The van der Waals surface area contributed by atoms with E-state index in [1.807, 2.05) is 13.8 Å². The van der Waals surface area contributed by atoms with E-state index in [-0.39, 0.29) is 24.9 Å². The summed E-state index contributed by atoms with van der Waals surface area (Å²) in [6.45, 7) is 3.56. The van der Waals surface area contributed by atoms with Crippen LogP contribution in [0.5, 0.6) is 0 Å². The lowest BCUT2D eigenvalue weighted by Gasteiger charge is -2.16. The summed E-state index contributed by atoms with van der Waals surface area (Å²) in [5.41, 5.74) is 0. The van der Waals surface area contributed by atoms with Gasteiger partial charge in [0.05, 0.1) is 25.0 Å². The zero-order valence-corrected chi connectivity index (χ0v) is 9.67. The number of aliphatic hydroxyl groups is 1. The number of hydrogen-bond acceptors (Lipinski definition) is 4. The summed E-state index contributed by atoms with van der Waals surface area (Å²) in [5.74, 6) is 0.127. The van der Waals surface area contributed by atoms with Gasteiger partial charge in [0.1, 0.15) is 0 Å². The molecule has 0 saturated heterocycles. The van der Waals surface area contributed by atoms with Gasteiger partial charge in [0.15, 0.2) is 0 Å². The quantitative estimate of drug-likeness (QED) is 0.616. The van der Waals surface area contributed by atoms with Gasteiger partial charge in [-0.3, -0.25) is 0 Å². The summed E-state index contributed by atoms with van der Waals surface area (Å²) in [6.07, 6.45) is 0. The Bertz CT molecular complexity index is 238. The van der Waals surface area contributed by atoms with Gasteiger partial charge in [-0.2, -0.15) is 0 Å². The van der Waals surface area contributed by atoms with Gasteiger partial charge in [-0.1, -0.05) is 13.8 Å². The number of methoxy groups -OCH3 is 1. The second-order valence-corrected chi connectivity index (χ2v) is 5.43. The van der Waals surface area contributed by atoms with E-state index in [0.717, 1.165) is 0 Å². The van der Waals surface area contributed by atoms with E-state index < -0.39 is 16.1 Å². The Balaban J connectivity index is 4.18. The van der Waals surface area contributed by atoms with Gasteiger partial charge in [0.25, 0.3) is 0 Å². The normalized spacial score (nSPS) is 14.6. The largest absolute Gasteiger partial charge is 0.395 e. The predicted octanol–water partition coefficient (Wildman–Crippen LogP) is -0.431. The van der Waals surface area contributed by atoms with Crippen molar-refractivity contribution in [1.82, 2.24) is 4.72 Å². The van der Waals surface area contributed by atoms with Gasteiger partial charge in [0.2, 0.25) is 10.0 Å². The molecule has 0 amide bonds. The van der Waals surface area contributed by atoms with E-state index in [9.17, 15) is 8.42 Å². The van der Waals surface area contributed by atoms with Crippen molar-refractivity contribution >= 4 is 10.0 Å². The lowest BCUT2D eigenvalue weighted by Crippen LogP contribution is -2.42. The highest BCUT2D eigenvalue weighted by atomic mass is 32.2. The molecular formula is C8H19NO4S. The van der Waals surface area contributed by atoms with Crippen LogP contribution >= 0.6 is 0 Å². The molecule has 0 aromatic heterocycles. The molecule has 0 saturated carbocycles. The van der Waals surface area contributed by atoms with Crippen molar-refractivity contribution < 1.29 is 18.3 Å². The molecule has 5 nitrogen and oxygen atoms in total. The van der Waals surface area contributed by atoms with E-state index >= 15 is 0 Å². The van der Waals surface area contributed by atoms with Crippen molar-refractivity contribution in [3.63, 3.8) is 0 Å². The Morgan fingerprint density at radius 2 is 2.00 bits per heavy atom. The van der Waals surface area contributed by atoms with Gasteiger partial charge >= 0.3 is 0 Å². The first kappa shape index (κ1) is 13.8. The minimum atomic E-state index is -3.30. The maximum atomic E-state index is 11.4. The highest BCUT2D eigenvalue weighted by Gasteiger charge is 2.18. The van der Waals surface area contributed by atoms with Gasteiger partial charge in [-0.25, -0.2) is 13.1 Å². The number of rotatable bonds is 7. The average Bonchev–Trinajstić information content (AvgIpc) is 2.00. The Kier molecular flexibility index (Phi) is 6.26. The molecule has 0 aromatic carbocycles. The smallest absolute Gasteiger partial charge is 0.212 e. The summed E-state index contributed by atoms with van der Waals surface area (Å²) >= 11 is 0. The summed E-state index contributed by atoms with van der Waals surface area (Å²) in [6, 6.07) is -0.552. The third kappa shape index (κ3) is 6.31. The van der Waals surface area contributed by atoms with Crippen LogP contribution in [0.4, 0.5) is 0 Å². The molecule has 0 aliphatic carbocycles. The molecule has 1 unspecified atom stereocenters. The van der Waals surface area contributed by atoms with E-state index in [1.54, 1.807) is 0 Å². The molecule has 0 aliphatic heterocycles. The van der Waals surface area contributed by atoms with E-state index in [0.29, 0.717) is 0 Å². The highest BCUT2D eigenvalue weighted by Crippen LogP contribution is 1.99. The molecule has 14 heavy (non-hydrogen) atoms. The van der Waals surface area contributed by atoms with Gasteiger partial charge in [0, 0.05) is 7.11 Å². The highest BCUT2D eigenvalue weighted by molar-refractivity contribution is 7.89. The van der Waals surface area contributed by atoms with Crippen molar-refractivity contribution in [1.29, 1.82) is 0 Å². The van der Waals surface area contributed by atoms with Gasteiger partial charge < -0.3 is 9.84 Å². The maximum absolute atomic E-state index is 11.4. The standard InChI is InChI=1S/C8H19NO4S/c1-7(2)6-14(11,12)9-8(4-10)5-13-3/h7-10H,4-6H2,1-3H3. The second-order valence-electron chi connectivity index (χ2n) is 3.63. The summed E-state index contributed by atoms with van der Waals surface area (Å²) in [7, 11) is -1.85. The number of hydrogen-bond donors (Lipinski definition) is 2. The fourth-order valence-corrected chi connectivity index (χ4v) is 2.69. The fraction of sp³-hybridized carbons (Fsp3) is 1.00. The minimum absolute atomic E-state index is 0.0627. The average molecular weight is 225 g/mol. The Morgan fingerprint density at radius 3 is 2.36 bits per heavy atom. The van der Waals surface area contributed by atoms with E-state index in [4.69, 9.17) is 9.84 Å². The Morgan fingerprint density at radius 1 is 1.43 bits per heavy atom. The van der Waals surface area contributed by atoms with Crippen LogP contribution in [-0.2, 0) is 14.8 Å². The van der Waals surface area contributed by atoms with Crippen LogP contribution < -0.4 is 4.72 Å². The SMILES string of the molecule is COCC(CO)NS(=O)(=O)CC(C)C. The molecule has 0 aromatic rings. The lowest BCUT2D eigenvalue weighted by molar-refractivity contribution is 0.139. The monoisotopic (exact) mass is 225 g/mol. The topological polar surface area (TPSA) is 75.6 Å². The van der Waals surface area contributed by atoms with Crippen molar-refractivity contribution in [3.05, 3.63) is 0 Å². The van der Waals surface area contributed by atoms with Gasteiger partial charge in [-0.05, 0) is 5.92 Å². The molecule has 0 fully saturated rings. The van der Waals surface area contributed by atoms with Crippen LogP contribution in [0.15, 0.2) is 0 Å². The molecular weight excluding hydrogens is 206 g/mol. The first-order valence-corrected chi connectivity index (χ1v) is 6.16. The number of ether oxygens (including phenoxy) is 1.